The summed E-state index contributed by atoms with van der Waals surface area (Å²) in [4.78, 5) is 27.9. The molecule has 0 radical (unpaired) electrons. The molecule has 0 aliphatic rings. The second kappa shape index (κ2) is 8.00. The highest BCUT2D eigenvalue weighted by Crippen LogP contribution is 2.20. The average molecular weight is 348 g/mol. The van der Waals surface area contributed by atoms with Gasteiger partial charge in [0.25, 0.3) is 0 Å². The van der Waals surface area contributed by atoms with Crippen LogP contribution in [-0.2, 0) is 11.3 Å². The van der Waals surface area contributed by atoms with Gasteiger partial charge in [0.15, 0.2) is 0 Å². The Kier molecular flexibility index (Phi) is 6.77. The number of hydrogen-bond donors (Lipinski definition) is 1. The molecule has 1 rings (SSSR count). The Balaban J connectivity index is 2.91. The van der Waals surface area contributed by atoms with E-state index < -0.39 is 11.4 Å². The molecule has 140 valence electrons. The largest absolute Gasteiger partial charge is 0.478 e. The van der Waals surface area contributed by atoms with Crippen molar-refractivity contribution >= 4 is 11.9 Å². The lowest BCUT2D eigenvalue weighted by Crippen LogP contribution is -2.46. The zero-order valence-corrected chi connectivity index (χ0v) is 16.6. The minimum Gasteiger partial charge on any atom is -0.478 e. The Labute approximate surface area is 151 Å². The Morgan fingerprint density at radius 2 is 1.48 bits per heavy atom. The number of carboxylic acid groups (broad SMARTS) is 1. The lowest BCUT2D eigenvalue weighted by Gasteiger charge is -2.35. The third-order valence-electron chi connectivity index (χ3n) is 4.35. The summed E-state index contributed by atoms with van der Waals surface area (Å²) in [6.07, 6.45) is 0. The van der Waals surface area contributed by atoms with Crippen LogP contribution in [0.1, 0.15) is 57.5 Å². The predicted octanol–water partition coefficient (Wildman–Crippen LogP) is 3.49. The Morgan fingerprint density at radius 3 is 1.88 bits per heavy atom. The van der Waals surface area contributed by atoms with Gasteiger partial charge in [0.1, 0.15) is 0 Å². The second-order valence-electron chi connectivity index (χ2n) is 8.57. The van der Waals surface area contributed by atoms with Crippen molar-refractivity contribution in [2.24, 2.45) is 5.41 Å². The summed E-state index contributed by atoms with van der Waals surface area (Å²) in [5, 5.41) is 9.00. The SMILES string of the molecule is CN(CCN(Cc1ccc(C(=O)O)cc1)C(=O)C(C)(C)C)C(C)(C)C. The Hall–Kier alpha value is -1.88. The molecule has 0 saturated heterocycles. The van der Waals surface area contributed by atoms with Crippen LogP contribution in [0, 0.1) is 5.41 Å². The van der Waals surface area contributed by atoms with Gasteiger partial charge in [0.05, 0.1) is 5.56 Å². The standard InChI is InChI=1S/C20H32N2O3/c1-19(2,3)18(25)22(13-12-21(7)20(4,5)6)14-15-8-10-16(11-9-15)17(23)24/h8-11H,12-14H2,1-7H3,(H,23,24). The minimum absolute atomic E-state index is 0.0413. The molecule has 1 aromatic rings. The Bertz CT molecular complexity index is 595. The summed E-state index contributed by atoms with van der Waals surface area (Å²) in [7, 11) is 2.06. The number of likely N-dealkylation sites (N-methyl/N-ethyl adjacent to an activating group) is 1. The topological polar surface area (TPSA) is 60.9 Å². The van der Waals surface area contributed by atoms with Crippen molar-refractivity contribution in [3.8, 4) is 0 Å². The molecule has 0 unspecified atom stereocenters. The molecule has 1 N–H and O–H groups in total. The van der Waals surface area contributed by atoms with E-state index in [1.165, 1.54) is 0 Å². The molecular weight excluding hydrogens is 316 g/mol. The highest BCUT2D eigenvalue weighted by molar-refractivity contribution is 5.87. The van der Waals surface area contributed by atoms with E-state index in [1.807, 2.05) is 25.7 Å². The first-order valence-electron chi connectivity index (χ1n) is 8.65. The number of benzene rings is 1. The molecule has 0 aromatic heterocycles. The molecular formula is C20H32N2O3. The first-order valence-corrected chi connectivity index (χ1v) is 8.65. The van der Waals surface area contributed by atoms with Gasteiger partial charge in [-0.2, -0.15) is 0 Å². The molecule has 0 fully saturated rings. The number of aromatic carboxylic acids is 1. The van der Waals surface area contributed by atoms with Crippen LogP contribution < -0.4 is 0 Å². The van der Waals surface area contributed by atoms with Crippen molar-refractivity contribution in [1.82, 2.24) is 9.80 Å². The average Bonchev–Trinajstić information content (AvgIpc) is 2.48. The highest BCUT2D eigenvalue weighted by Gasteiger charge is 2.28. The molecule has 0 atom stereocenters. The predicted molar refractivity (Wildman–Crippen MR) is 101 cm³/mol. The number of rotatable bonds is 6. The fraction of sp³-hybridized carbons (Fsp3) is 0.600. The number of hydrogen-bond acceptors (Lipinski definition) is 3. The highest BCUT2D eigenvalue weighted by atomic mass is 16.4. The van der Waals surface area contributed by atoms with Gasteiger partial charge in [-0.05, 0) is 45.5 Å². The number of amides is 1. The van der Waals surface area contributed by atoms with Crippen LogP contribution >= 0.6 is 0 Å². The molecule has 1 aromatic carbocycles. The van der Waals surface area contributed by atoms with Gasteiger partial charge in [0, 0.05) is 30.6 Å². The molecule has 25 heavy (non-hydrogen) atoms. The summed E-state index contributed by atoms with van der Waals surface area (Å²) in [6, 6.07) is 6.72. The molecule has 5 heteroatoms. The smallest absolute Gasteiger partial charge is 0.335 e. The van der Waals surface area contributed by atoms with Crippen LogP contribution in [-0.4, -0.2) is 52.5 Å². The maximum atomic E-state index is 12.8. The molecule has 0 aliphatic carbocycles. The number of nitrogens with zero attached hydrogens (tertiary/aromatic N) is 2. The van der Waals surface area contributed by atoms with E-state index in [-0.39, 0.29) is 17.0 Å². The lowest BCUT2D eigenvalue weighted by molar-refractivity contribution is -0.140. The van der Waals surface area contributed by atoms with Crippen molar-refractivity contribution in [2.45, 2.75) is 53.6 Å². The Morgan fingerprint density at radius 1 is 0.960 bits per heavy atom. The normalized spacial score (nSPS) is 12.3. The molecule has 0 aliphatic heterocycles. The van der Waals surface area contributed by atoms with Gasteiger partial charge >= 0.3 is 5.97 Å². The van der Waals surface area contributed by atoms with E-state index in [0.717, 1.165) is 12.1 Å². The van der Waals surface area contributed by atoms with E-state index in [9.17, 15) is 9.59 Å². The third kappa shape index (κ3) is 6.50. The number of carboxylic acids is 1. The first-order chi connectivity index (χ1) is 11.3. The van der Waals surface area contributed by atoms with Crippen molar-refractivity contribution in [3.05, 3.63) is 35.4 Å². The van der Waals surface area contributed by atoms with E-state index in [1.54, 1.807) is 24.3 Å². The van der Waals surface area contributed by atoms with Crippen LogP contribution in [0.3, 0.4) is 0 Å². The van der Waals surface area contributed by atoms with Gasteiger partial charge in [-0.25, -0.2) is 4.79 Å². The van der Waals surface area contributed by atoms with Crippen LogP contribution in [0.15, 0.2) is 24.3 Å². The quantitative estimate of drug-likeness (QED) is 0.855. The van der Waals surface area contributed by atoms with Crippen LogP contribution in [0.2, 0.25) is 0 Å². The zero-order valence-electron chi connectivity index (χ0n) is 16.6. The molecule has 0 heterocycles. The van der Waals surface area contributed by atoms with Crippen LogP contribution in [0.4, 0.5) is 0 Å². The molecule has 0 saturated carbocycles. The van der Waals surface area contributed by atoms with E-state index >= 15 is 0 Å². The minimum atomic E-state index is -0.944. The summed E-state index contributed by atoms with van der Waals surface area (Å²) >= 11 is 0. The van der Waals surface area contributed by atoms with E-state index in [0.29, 0.717) is 13.1 Å². The van der Waals surface area contributed by atoms with Crippen LogP contribution in [0.5, 0.6) is 0 Å². The summed E-state index contributed by atoms with van der Waals surface area (Å²) in [5.41, 5.74) is 0.770. The monoisotopic (exact) mass is 348 g/mol. The summed E-state index contributed by atoms with van der Waals surface area (Å²) < 4.78 is 0. The molecule has 0 spiro atoms. The fourth-order valence-corrected chi connectivity index (χ4v) is 2.31. The number of carbonyl (C=O) groups excluding carboxylic acids is 1. The zero-order chi connectivity index (χ0) is 19.4. The lowest BCUT2D eigenvalue weighted by atomic mass is 9.94. The van der Waals surface area contributed by atoms with Gasteiger partial charge in [-0.3, -0.25) is 9.69 Å². The van der Waals surface area contributed by atoms with Crippen LogP contribution in [0.25, 0.3) is 0 Å². The molecule has 5 nitrogen and oxygen atoms in total. The first kappa shape index (κ1) is 21.2. The van der Waals surface area contributed by atoms with Crippen molar-refractivity contribution in [1.29, 1.82) is 0 Å². The van der Waals surface area contributed by atoms with Gasteiger partial charge < -0.3 is 10.0 Å². The second-order valence-corrected chi connectivity index (χ2v) is 8.57. The van der Waals surface area contributed by atoms with Crippen molar-refractivity contribution in [3.63, 3.8) is 0 Å². The van der Waals surface area contributed by atoms with Gasteiger partial charge in [-0.15, -0.1) is 0 Å². The molecule has 1 amide bonds. The number of carbonyl (C=O) groups is 2. The van der Waals surface area contributed by atoms with E-state index in [4.69, 9.17) is 5.11 Å². The summed E-state index contributed by atoms with van der Waals surface area (Å²) in [5.74, 6) is -0.849. The van der Waals surface area contributed by atoms with Crippen molar-refractivity contribution < 1.29 is 14.7 Å². The fourth-order valence-electron chi connectivity index (χ4n) is 2.31. The third-order valence-corrected chi connectivity index (χ3v) is 4.35. The van der Waals surface area contributed by atoms with Gasteiger partial charge in [-0.1, -0.05) is 32.9 Å². The maximum absolute atomic E-state index is 12.8. The summed E-state index contributed by atoms with van der Waals surface area (Å²) in [6.45, 7) is 14.1. The van der Waals surface area contributed by atoms with Crippen molar-refractivity contribution in [2.75, 3.05) is 20.1 Å². The molecule has 0 bridgehead atoms. The maximum Gasteiger partial charge on any atom is 0.335 e. The van der Waals surface area contributed by atoms with E-state index in [2.05, 4.69) is 32.7 Å². The van der Waals surface area contributed by atoms with Gasteiger partial charge in [0.2, 0.25) is 5.91 Å².